The number of carbonyl (C=O) groups excluding carboxylic acids is 2. The van der Waals surface area contributed by atoms with E-state index in [1.54, 1.807) is 32.9 Å². The highest BCUT2D eigenvalue weighted by Gasteiger charge is 2.39. The van der Waals surface area contributed by atoms with Crippen molar-refractivity contribution < 1.29 is 27.3 Å². The van der Waals surface area contributed by atoms with E-state index in [0.29, 0.717) is 17.0 Å². The van der Waals surface area contributed by atoms with E-state index in [4.69, 9.17) is 15.0 Å². The zero-order valence-electron chi connectivity index (χ0n) is 17.8. The zero-order chi connectivity index (χ0) is 23.4. The first-order valence-corrected chi connectivity index (χ1v) is 11.9. The molecule has 0 radical (unpaired) electrons. The van der Waals surface area contributed by atoms with E-state index in [0.717, 1.165) is 5.69 Å². The lowest BCUT2D eigenvalue weighted by Crippen LogP contribution is -2.40. The minimum absolute atomic E-state index is 0.170. The van der Waals surface area contributed by atoms with Crippen molar-refractivity contribution in [3.8, 4) is 0 Å². The molecule has 0 aliphatic rings. The van der Waals surface area contributed by atoms with Crippen molar-refractivity contribution in [3.05, 3.63) is 45.9 Å². The van der Waals surface area contributed by atoms with Crippen LogP contribution in [0.25, 0.3) is 0 Å². The molecule has 0 aliphatic carbocycles. The Labute approximate surface area is 185 Å². The fourth-order valence-electron chi connectivity index (χ4n) is 2.96. The van der Waals surface area contributed by atoms with Gasteiger partial charge in [-0.1, -0.05) is 19.1 Å². The highest BCUT2D eigenvalue weighted by molar-refractivity contribution is 7.87. The Kier molecular flexibility index (Phi) is 7.79. The van der Waals surface area contributed by atoms with Gasteiger partial charge in [-0.05, 0) is 51.3 Å². The number of hydrogen-bond donors (Lipinski definition) is 3. The number of aromatic nitrogens is 1. The van der Waals surface area contributed by atoms with Gasteiger partial charge in [-0.3, -0.25) is 18.9 Å². The van der Waals surface area contributed by atoms with Crippen LogP contribution in [0.1, 0.15) is 49.9 Å². The van der Waals surface area contributed by atoms with Crippen LogP contribution in [-0.2, 0) is 37.5 Å². The van der Waals surface area contributed by atoms with E-state index in [1.165, 1.54) is 23.5 Å². The maximum Gasteiger partial charge on any atom is 0.357 e. The Balaban J connectivity index is 2.40. The number of rotatable bonds is 9. The molecule has 0 bridgehead atoms. The molecule has 0 saturated heterocycles. The van der Waals surface area contributed by atoms with Gasteiger partial charge in [-0.2, -0.15) is 8.42 Å². The van der Waals surface area contributed by atoms with Gasteiger partial charge in [0, 0.05) is 11.3 Å². The molecular weight excluding hydrogens is 442 g/mol. The van der Waals surface area contributed by atoms with E-state index < -0.39 is 39.6 Å². The lowest BCUT2D eigenvalue weighted by Gasteiger charge is -2.26. The molecule has 1 aromatic heterocycles. The number of primary amides is 1. The van der Waals surface area contributed by atoms with Crippen LogP contribution in [0.4, 0.5) is 5.69 Å². The lowest BCUT2D eigenvalue weighted by molar-refractivity contribution is -0.162. The number of benzene rings is 1. The second-order valence-electron chi connectivity index (χ2n) is 8.03. The maximum atomic E-state index is 12.8. The number of nitrogens with two attached hydrogens (primary N) is 1. The summed E-state index contributed by atoms with van der Waals surface area (Å²) in [7, 11) is -4.39. The number of ether oxygens (including phenoxy) is 1. The standard InChI is InChI=1S/C20H27N3O6S2/c1-5-13-11-30-18(22-13)15(16(17(21)24)19(25)29-20(2,3)4)10-12-6-8-14(9-7-12)23-31(26,27)28/h6-9,11,15-16,23H,5,10H2,1-4H3,(H2,21,24)(H,26,27,28)/t15-,16-/m0/s1. The van der Waals surface area contributed by atoms with Crippen LogP contribution in [0.2, 0.25) is 0 Å². The molecule has 9 nitrogen and oxygen atoms in total. The van der Waals surface area contributed by atoms with Crippen molar-refractivity contribution in [3.63, 3.8) is 0 Å². The number of nitrogens with one attached hydrogen (secondary N) is 1. The molecule has 2 atom stereocenters. The molecule has 1 aromatic carbocycles. The number of esters is 1. The van der Waals surface area contributed by atoms with Crippen molar-refractivity contribution >= 4 is 39.2 Å². The monoisotopic (exact) mass is 469 g/mol. The third-order valence-electron chi connectivity index (χ3n) is 4.27. The average Bonchev–Trinajstić information content (AvgIpc) is 3.08. The van der Waals surface area contributed by atoms with Crippen LogP contribution < -0.4 is 10.5 Å². The Hall–Kier alpha value is -2.50. The topological polar surface area (TPSA) is 149 Å². The molecule has 2 rings (SSSR count). The van der Waals surface area contributed by atoms with Gasteiger partial charge >= 0.3 is 16.3 Å². The molecule has 170 valence electrons. The van der Waals surface area contributed by atoms with Crippen LogP contribution >= 0.6 is 11.3 Å². The molecule has 0 unspecified atom stereocenters. The molecular formula is C20H27N3O6S2. The zero-order valence-corrected chi connectivity index (χ0v) is 19.4. The predicted molar refractivity (Wildman–Crippen MR) is 118 cm³/mol. The third-order valence-corrected chi connectivity index (χ3v) is 5.79. The summed E-state index contributed by atoms with van der Waals surface area (Å²) in [5, 5.41) is 2.46. The fourth-order valence-corrected chi connectivity index (χ4v) is 4.43. The first kappa shape index (κ1) is 24.8. The van der Waals surface area contributed by atoms with Crippen LogP contribution in [0.5, 0.6) is 0 Å². The summed E-state index contributed by atoms with van der Waals surface area (Å²) in [5.74, 6) is -3.43. The molecule has 0 saturated carbocycles. The minimum Gasteiger partial charge on any atom is -0.459 e. The fraction of sp³-hybridized carbons (Fsp3) is 0.450. The summed E-state index contributed by atoms with van der Waals surface area (Å²) in [6, 6.07) is 6.18. The average molecular weight is 470 g/mol. The smallest absolute Gasteiger partial charge is 0.357 e. The summed E-state index contributed by atoms with van der Waals surface area (Å²) in [4.78, 5) is 29.7. The Bertz CT molecular complexity index is 1030. The number of nitrogens with zero attached hydrogens (tertiary/aromatic N) is 1. The summed E-state index contributed by atoms with van der Waals surface area (Å²) < 4.78 is 38.2. The number of anilines is 1. The van der Waals surface area contributed by atoms with E-state index in [1.807, 2.05) is 17.0 Å². The van der Waals surface area contributed by atoms with Crippen molar-refractivity contribution in [2.45, 2.75) is 52.1 Å². The molecule has 2 aromatic rings. The van der Waals surface area contributed by atoms with E-state index >= 15 is 0 Å². The highest BCUT2D eigenvalue weighted by atomic mass is 32.2. The first-order chi connectivity index (χ1) is 14.3. The van der Waals surface area contributed by atoms with Gasteiger partial charge < -0.3 is 10.5 Å². The minimum atomic E-state index is -4.39. The number of aryl methyl sites for hydroxylation is 1. The van der Waals surface area contributed by atoms with Gasteiger partial charge in [-0.25, -0.2) is 4.98 Å². The Morgan fingerprint density at radius 2 is 1.87 bits per heavy atom. The third kappa shape index (κ3) is 7.60. The van der Waals surface area contributed by atoms with Gasteiger partial charge in [0.2, 0.25) is 5.91 Å². The first-order valence-electron chi connectivity index (χ1n) is 9.59. The molecule has 0 aliphatic heterocycles. The van der Waals surface area contributed by atoms with E-state index in [2.05, 4.69) is 4.98 Å². The van der Waals surface area contributed by atoms with Crippen molar-refractivity contribution in [2.24, 2.45) is 11.7 Å². The maximum absolute atomic E-state index is 12.8. The van der Waals surface area contributed by atoms with Crippen molar-refractivity contribution in [1.82, 2.24) is 4.98 Å². The largest absolute Gasteiger partial charge is 0.459 e. The molecule has 1 heterocycles. The summed E-state index contributed by atoms with van der Waals surface area (Å²) in [6.07, 6.45) is 0.947. The number of thiazole rings is 1. The number of hydrogen-bond acceptors (Lipinski definition) is 7. The Morgan fingerprint density at radius 1 is 1.26 bits per heavy atom. The summed E-state index contributed by atoms with van der Waals surface area (Å²) >= 11 is 1.34. The molecule has 0 fully saturated rings. The second kappa shape index (κ2) is 9.75. The van der Waals surface area contributed by atoms with Gasteiger partial charge in [0.25, 0.3) is 0 Å². The van der Waals surface area contributed by atoms with Crippen LogP contribution in [0, 0.1) is 5.92 Å². The second-order valence-corrected chi connectivity index (χ2v) is 10.1. The van der Waals surface area contributed by atoms with Gasteiger partial charge in [0.15, 0.2) is 0 Å². The molecule has 4 N–H and O–H groups in total. The van der Waals surface area contributed by atoms with E-state index in [-0.39, 0.29) is 12.1 Å². The molecule has 31 heavy (non-hydrogen) atoms. The quantitative estimate of drug-likeness (QED) is 0.290. The summed E-state index contributed by atoms with van der Waals surface area (Å²) in [5.41, 5.74) is 6.54. The predicted octanol–water partition coefficient (Wildman–Crippen LogP) is 2.69. The number of amides is 1. The van der Waals surface area contributed by atoms with Crippen LogP contribution in [0.3, 0.4) is 0 Å². The van der Waals surface area contributed by atoms with Gasteiger partial charge in [0.05, 0.1) is 16.4 Å². The molecule has 1 amide bonds. The van der Waals surface area contributed by atoms with Crippen LogP contribution in [0.15, 0.2) is 29.6 Å². The molecule has 11 heteroatoms. The highest BCUT2D eigenvalue weighted by Crippen LogP contribution is 2.33. The lowest BCUT2D eigenvalue weighted by atomic mass is 9.86. The van der Waals surface area contributed by atoms with Gasteiger partial charge in [0.1, 0.15) is 11.5 Å². The molecule has 0 spiro atoms. The van der Waals surface area contributed by atoms with Crippen molar-refractivity contribution in [2.75, 3.05) is 4.72 Å². The summed E-state index contributed by atoms with van der Waals surface area (Å²) in [6.45, 7) is 7.07. The van der Waals surface area contributed by atoms with Crippen LogP contribution in [-0.4, -0.2) is 35.4 Å². The van der Waals surface area contributed by atoms with E-state index in [9.17, 15) is 18.0 Å². The van der Waals surface area contributed by atoms with Gasteiger partial charge in [-0.15, -0.1) is 11.3 Å². The SMILES string of the molecule is CCc1csc([C@@H](Cc2ccc(NS(=O)(=O)O)cc2)[C@@H](C(N)=O)C(=O)OC(C)(C)C)n1. The Morgan fingerprint density at radius 3 is 2.32 bits per heavy atom. The number of carbonyl (C=O) groups is 2. The van der Waals surface area contributed by atoms with Crippen molar-refractivity contribution in [1.29, 1.82) is 0 Å². The normalized spacial score (nSPS) is 14.0.